The highest BCUT2D eigenvalue weighted by Crippen LogP contribution is 2.35. The number of amides is 1. The summed E-state index contributed by atoms with van der Waals surface area (Å²) in [5.41, 5.74) is 4.25. The number of fused-ring (bicyclic) bond motifs is 1. The van der Waals surface area contributed by atoms with Gasteiger partial charge in [0.1, 0.15) is 23.6 Å². The molecule has 1 amide bonds. The number of nitrogens with zero attached hydrogens (tertiary/aromatic N) is 4. The van der Waals surface area contributed by atoms with Crippen LogP contribution in [0.3, 0.4) is 0 Å². The van der Waals surface area contributed by atoms with E-state index in [4.69, 9.17) is 4.74 Å². The standard InChI is InChI=1S/C41H46F2N6O3/c1-25-33(20-29(42)21-36(25)47-40(50)32-10-9-28(19-35(32)43)41(2,3)51)38-34-22-37(46-39(34)45-24-44-38)27-7-5-26(6-8-27)23-49-17-13-31(14-18-49)52-30-11-15-48(4)16-12-30/h5-10,19-22,24,30-31,51H,11-18,23H2,1-4H3,(H,47,50)(H,44,45,46). The van der Waals surface area contributed by atoms with Crippen molar-refractivity contribution < 1.29 is 23.4 Å². The lowest BCUT2D eigenvalue weighted by atomic mass is 9.96. The number of benzene rings is 3. The lowest BCUT2D eigenvalue weighted by Gasteiger charge is -2.36. The minimum atomic E-state index is -1.27. The van der Waals surface area contributed by atoms with Crippen LogP contribution in [0.2, 0.25) is 0 Å². The summed E-state index contributed by atoms with van der Waals surface area (Å²) in [5, 5.41) is 13.6. The maximum Gasteiger partial charge on any atom is 0.258 e. The Kier molecular flexibility index (Phi) is 10.2. The van der Waals surface area contributed by atoms with E-state index in [1.807, 2.05) is 6.07 Å². The molecule has 52 heavy (non-hydrogen) atoms. The number of anilines is 1. The molecule has 2 aromatic heterocycles. The molecule has 4 heterocycles. The first-order valence-electron chi connectivity index (χ1n) is 18.0. The predicted molar refractivity (Wildman–Crippen MR) is 199 cm³/mol. The van der Waals surface area contributed by atoms with Gasteiger partial charge >= 0.3 is 0 Å². The van der Waals surface area contributed by atoms with Gasteiger partial charge in [-0.1, -0.05) is 30.3 Å². The molecule has 0 saturated carbocycles. The number of hydrogen-bond acceptors (Lipinski definition) is 7. The first-order chi connectivity index (χ1) is 24.9. The number of aliphatic hydroxyl groups is 1. The van der Waals surface area contributed by atoms with Gasteiger partial charge in [0.25, 0.3) is 5.91 Å². The van der Waals surface area contributed by atoms with Crippen LogP contribution in [0.5, 0.6) is 0 Å². The topological polar surface area (TPSA) is 107 Å². The van der Waals surface area contributed by atoms with Crippen LogP contribution in [-0.2, 0) is 16.9 Å². The number of nitrogens with one attached hydrogen (secondary N) is 2. The van der Waals surface area contributed by atoms with E-state index in [0.29, 0.717) is 45.6 Å². The van der Waals surface area contributed by atoms with Crippen molar-refractivity contribution in [2.75, 3.05) is 38.5 Å². The summed E-state index contributed by atoms with van der Waals surface area (Å²) in [6.45, 7) is 10.0. The number of likely N-dealkylation sites (tertiary alicyclic amines) is 2. The molecule has 0 radical (unpaired) electrons. The number of ether oxygens (including phenoxy) is 1. The van der Waals surface area contributed by atoms with Crippen molar-refractivity contribution in [1.29, 1.82) is 0 Å². The normalized spacial score (nSPS) is 16.8. The Morgan fingerprint density at radius 1 is 0.962 bits per heavy atom. The molecule has 2 saturated heterocycles. The summed E-state index contributed by atoms with van der Waals surface area (Å²) in [6.07, 6.45) is 6.57. The van der Waals surface area contributed by atoms with Crippen LogP contribution >= 0.6 is 0 Å². The Morgan fingerprint density at radius 2 is 1.65 bits per heavy atom. The van der Waals surface area contributed by atoms with Gasteiger partial charge in [-0.15, -0.1) is 0 Å². The minimum absolute atomic E-state index is 0.193. The van der Waals surface area contributed by atoms with E-state index in [-0.39, 0.29) is 11.3 Å². The summed E-state index contributed by atoms with van der Waals surface area (Å²) in [4.78, 5) is 30.3. The largest absolute Gasteiger partial charge is 0.386 e. The number of carbonyl (C=O) groups is 1. The van der Waals surface area contributed by atoms with E-state index < -0.39 is 23.1 Å². The molecule has 11 heteroatoms. The van der Waals surface area contributed by atoms with Crippen LogP contribution in [0.15, 0.2) is 67.0 Å². The Bertz CT molecular complexity index is 2060. The summed E-state index contributed by atoms with van der Waals surface area (Å²) in [7, 11) is 2.18. The highest BCUT2D eigenvalue weighted by Gasteiger charge is 2.26. The number of piperidine rings is 2. The highest BCUT2D eigenvalue weighted by atomic mass is 19.1. The Labute approximate surface area is 303 Å². The van der Waals surface area contributed by atoms with Gasteiger partial charge in [0.05, 0.1) is 29.1 Å². The van der Waals surface area contributed by atoms with Crippen LogP contribution in [0.4, 0.5) is 14.5 Å². The molecule has 5 aromatic rings. The molecule has 0 aliphatic carbocycles. The smallest absolute Gasteiger partial charge is 0.258 e. The van der Waals surface area contributed by atoms with Gasteiger partial charge in [0.2, 0.25) is 0 Å². The Balaban J connectivity index is 1.04. The molecule has 3 N–H and O–H groups in total. The second-order valence-corrected chi connectivity index (χ2v) is 14.8. The van der Waals surface area contributed by atoms with Gasteiger partial charge in [-0.3, -0.25) is 9.69 Å². The first-order valence-corrected chi connectivity index (χ1v) is 18.0. The number of rotatable bonds is 9. The van der Waals surface area contributed by atoms with E-state index >= 15 is 4.39 Å². The SMILES string of the molecule is Cc1c(NC(=O)c2ccc(C(C)(C)O)cc2F)cc(F)cc1-c1ncnc2[nH]c(-c3ccc(CN4CCC(OC5CCN(C)CC5)CC4)cc3)cc12. The van der Waals surface area contributed by atoms with Crippen molar-refractivity contribution in [2.24, 2.45) is 0 Å². The van der Waals surface area contributed by atoms with E-state index in [0.717, 1.165) is 75.7 Å². The van der Waals surface area contributed by atoms with Crippen molar-refractivity contribution in [3.8, 4) is 22.5 Å². The number of hydrogen-bond donors (Lipinski definition) is 3. The molecule has 272 valence electrons. The molecular weight excluding hydrogens is 662 g/mol. The Morgan fingerprint density at radius 3 is 2.33 bits per heavy atom. The van der Waals surface area contributed by atoms with Gasteiger partial charge in [0, 0.05) is 55.1 Å². The molecule has 9 nitrogen and oxygen atoms in total. The number of carbonyl (C=O) groups excluding carboxylic acids is 1. The average Bonchev–Trinajstić information content (AvgIpc) is 3.56. The zero-order valence-electron chi connectivity index (χ0n) is 30.2. The second kappa shape index (κ2) is 14.8. The number of aromatic nitrogens is 3. The maximum atomic E-state index is 15.1. The van der Waals surface area contributed by atoms with E-state index in [9.17, 15) is 14.3 Å². The maximum absolute atomic E-state index is 15.1. The second-order valence-electron chi connectivity index (χ2n) is 14.8. The van der Waals surface area contributed by atoms with Crippen molar-refractivity contribution in [2.45, 2.75) is 70.8 Å². The lowest BCUT2D eigenvalue weighted by Crippen LogP contribution is -2.41. The molecule has 0 atom stereocenters. The number of H-pyrrole nitrogens is 1. The molecule has 2 aliphatic heterocycles. The van der Waals surface area contributed by atoms with E-state index in [2.05, 4.69) is 61.4 Å². The number of halogens is 2. The number of aromatic amines is 1. The third-order valence-electron chi connectivity index (χ3n) is 10.5. The van der Waals surface area contributed by atoms with Crippen molar-refractivity contribution in [1.82, 2.24) is 24.8 Å². The highest BCUT2D eigenvalue weighted by molar-refractivity contribution is 6.06. The van der Waals surface area contributed by atoms with Crippen molar-refractivity contribution >= 4 is 22.6 Å². The third-order valence-corrected chi connectivity index (χ3v) is 10.5. The summed E-state index contributed by atoms with van der Waals surface area (Å²) in [5.74, 6) is -2.10. The summed E-state index contributed by atoms with van der Waals surface area (Å²) >= 11 is 0. The fourth-order valence-corrected chi connectivity index (χ4v) is 7.28. The van der Waals surface area contributed by atoms with Crippen LogP contribution in [-0.4, -0.2) is 81.2 Å². The van der Waals surface area contributed by atoms with Gasteiger partial charge in [-0.05, 0) is 106 Å². The Hall–Kier alpha value is -4.55. The molecule has 2 aliphatic rings. The predicted octanol–water partition coefficient (Wildman–Crippen LogP) is 7.43. The molecular formula is C41H46F2N6O3. The zero-order valence-corrected chi connectivity index (χ0v) is 30.2. The first kappa shape index (κ1) is 35.8. The van der Waals surface area contributed by atoms with E-state index in [1.54, 1.807) is 6.92 Å². The average molecular weight is 709 g/mol. The van der Waals surface area contributed by atoms with Crippen LogP contribution < -0.4 is 5.32 Å². The molecule has 0 unspecified atom stereocenters. The van der Waals surface area contributed by atoms with Gasteiger partial charge in [-0.25, -0.2) is 18.7 Å². The fraction of sp³-hybridized carbons (Fsp3) is 0.390. The van der Waals surface area contributed by atoms with Crippen LogP contribution in [0.25, 0.3) is 33.5 Å². The van der Waals surface area contributed by atoms with Crippen molar-refractivity contribution in [3.05, 3.63) is 101 Å². The van der Waals surface area contributed by atoms with Crippen LogP contribution in [0, 0.1) is 18.6 Å². The third kappa shape index (κ3) is 7.92. The quantitative estimate of drug-likeness (QED) is 0.146. The summed E-state index contributed by atoms with van der Waals surface area (Å²) in [6, 6.07) is 17.0. The van der Waals surface area contributed by atoms with Gasteiger partial charge in [-0.2, -0.15) is 0 Å². The molecule has 7 rings (SSSR count). The molecule has 0 bridgehead atoms. The van der Waals surface area contributed by atoms with Gasteiger partial charge < -0.3 is 25.0 Å². The zero-order chi connectivity index (χ0) is 36.6. The summed E-state index contributed by atoms with van der Waals surface area (Å²) < 4.78 is 36.5. The van der Waals surface area contributed by atoms with E-state index in [1.165, 1.54) is 50.0 Å². The van der Waals surface area contributed by atoms with Crippen molar-refractivity contribution in [3.63, 3.8) is 0 Å². The molecule has 3 aromatic carbocycles. The van der Waals surface area contributed by atoms with Crippen LogP contribution in [0.1, 0.15) is 66.6 Å². The molecule has 2 fully saturated rings. The molecule has 0 spiro atoms. The fourth-order valence-electron chi connectivity index (χ4n) is 7.28. The lowest BCUT2D eigenvalue weighted by molar-refractivity contribution is -0.0635. The minimum Gasteiger partial charge on any atom is -0.386 e. The monoisotopic (exact) mass is 708 g/mol. The van der Waals surface area contributed by atoms with Gasteiger partial charge in [0.15, 0.2) is 0 Å².